The van der Waals surface area contributed by atoms with Gasteiger partial charge in [-0.3, -0.25) is 0 Å². The molecule has 0 aromatic heterocycles. The summed E-state index contributed by atoms with van der Waals surface area (Å²) in [5, 5.41) is 0. The molecule has 0 unspecified atom stereocenters. The van der Waals surface area contributed by atoms with E-state index in [4.69, 9.17) is 16.9 Å². The third kappa shape index (κ3) is 4.86. The summed E-state index contributed by atoms with van der Waals surface area (Å²) in [6.45, 7) is 0.804. The van der Waals surface area contributed by atoms with Gasteiger partial charge in [0.15, 0.2) is 0 Å². The molecule has 1 aromatic carbocycles. The Labute approximate surface area is 97.8 Å². The van der Waals surface area contributed by atoms with Gasteiger partial charge in [0.05, 0.1) is 0 Å². The minimum absolute atomic E-state index is 0.731. The SMILES string of the molecule is C#COc1ccc(CCCCCCN)cc1. The first-order valence-corrected chi connectivity index (χ1v) is 5.78. The Hall–Kier alpha value is -1.46. The minimum atomic E-state index is 0.731. The maximum atomic E-state index is 5.44. The third-order valence-electron chi connectivity index (χ3n) is 2.52. The molecule has 1 aromatic rings. The summed E-state index contributed by atoms with van der Waals surface area (Å²) in [6.07, 6.45) is 13.1. The van der Waals surface area contributed by atoms with Gasteiger partial charge in [0.1, 0.15) is 11.9 Å². The highest BCUT2D eigenvalue weighted by atomic mass is 16.5. The predicted octanol–water partition coefficient (Wildman–Crippen LogP) is 2.72. The maximum absolute atomic E-state index is 5.44. The first kappa shape index (κ1) is 12.6. The average Bonchev–Trinajstić information content (AvgIpc) is 2.31. The standard InChI is InChI=1S/C14H19NO/c1-2-16-14-10-8-13(9-11-14)7-5-3-4-6-12-15/h1,8-11H,3-7,12,15H2. The lowest BCUT2D eigenvalue weighted by Gasteiger charge is -2.02. The smallest absolute Gasteiger partial charge is 0.140 e. The molecule has 0 saturated heterocycles. The number of hydrogen-bond acceptors (Lipinski definition) is 2. The van der Waals surface area contributed by atoms with E-state index in [1.54, 1.807) is 0 Å². The monoisotopic (exact) mass is 217 g/mol. The van der Waals surface area contributed by atoms with Crippen LogP contribution < -0.4 is 10.5 Å². The Morgan fingerprint density at radius 2 is 1.75 bits per heavy atom. The molecule has 1 rings (SSSR count). The van der Waals surface area contributed by atoms with Crippen LogP contribution in [0.2, 0.25) is 0 Å². The van der Waals surface area contributed by atoms with Gasteiger partial charge < -0.3 is 10.5 Å². The molecule has 16 heavy (non-hydrogen) atoms. The first-order valence-electron chi connectivity index (χ1n) is 5.78. The van der Waals surface area contributed by atoms with Crippen LogP contribution in [-0.4, -0.2) is 6.54 Å². The maximum Gasteiger partial charge on any atom is 0.140 e. The number of nitrogens with two attached hydrogens (primary N) is 1. The molecule has 0 fully saturated rings. The van der Waals surface area contributed by atoms with Gasteiger partial charge in [0, 0.05) is 0 Å². The van der Waals surface area contributed by atoms with E-state index in [2.05, 4.69) is 18.2 Å². The van der Waals surface area contributed by atoms with E-state index in [1.807, 2.05) is 12.1 Å². The zero-order chi connectivity index (χ0) is 11.6. The Bertz CT molecular complexity index is 324. The summed E-state index contributed by atoms with van der Waals surface area (Å²) in [4.78, 5) is 0. The molecule has 0 amide bonds. The van der Waals surface area contributed by atoms with Crippen LogP contribution in [0.3, 0.4) is 0 Å². The van der Waals surface area contributed by atoms with Crippen LogP contribution >= 0.6 is 0 Å². The van der Waals surface area contributed by atoms with Crippen molar-refractivity contribution in [3.63, 3.8) is 0 Å². The van der Waals surface area contributed by atoms with E-state index in [-0.39, 0.29) is 0 Å². The van der Waals surface area contributed by atoms with Crippen molar-refractivity contribution in [1.82, 2.24) is 0 Å². The second-order valence-electron chi connectivity index (χ2n) is 3.82. The van der Waals surface area contributed by atoms with Gasteiger partial charge in [-0.15, -0.1) is 0 Å². The normalized spacial score (nSPS) is 9.75. The van der Waals surface area contributed by atoms with Crippen molar-refractivity contribution in [2.75, 3.05) is 6.54 Å². The molecule has 0 aliphatic rings. The molecule has 2 N–H and O–H groups in total. The third-order valence-corrected chi connectivity index (χ3v) is 2.52. The average molecular weight is 217 g/mol. The zero-order valence-corrected chi connectivity index (χ0v) is 9.61. The van der Waals surface area contributed by atoms with E-state index in [9.17, 15) is 0 Å². The summed E-state index contributed by atoms with van der Waals surface area (Å²) in [5.74, 6) is 0.731. The fraction of sp³-hybridized carbons (Fsp3) is 0.429. The van der Waals surface area contributed by atoms with Crippen LogP contribution in [0.25, 0.3) is 0 Å². The molecule has 0 saturated carbocycles. The van der Waals surface area contributed by atoms with Gasteiger partial charge in [-0.2, -0.15) is 0 Å². The van der Waals surface area contributed by atoms with Crippen LogP contribution in [-0.2, 0) is 6.42 Å². The lowest BCUT2D eigenvalue weighted by Crippen LogP contribution is -1.97. The quantitative estimate of drug-likeness (QED) is 0.563. The molecule has 2 nitrogen and oxygen atoms in total. The first-order chi connectivity index (χ1) is 7.86. The molecule has 0 bridgehead atoms. The van der Waals surface area contributed by atoms with Gasteiger partial charge in [-0.25, -0.2) is 0 Å². The van der Waals surface area contributed by atoms with Crippen LogP contribution in [0.5, 0.6) is 5.75 Å². The summed E-state index contributed by atoms with van der Waals surface area (Å²) in [6, 6.07) is 7.95. The largest absolute Gasteiger partial charge is 0.408 e. The summed E-state index contributed by atoms with van der Waals surface area (Å²) >= 11 is 0. The molecule has 0 heterocycles. The van der Waals surface area contributed by atoms with Gasteiger partial charge in [0.25, 0.3) is 0 Å². The summed E-state index contributed by atoms with van der Waals surface area (Å²) < 4.78 is 4.93. The second-order valence-corrected chi connectivity index (χ2v) is 3.82. The Morgan fingerprint density at radius 1 is 1.06 bits per heavy atom. The van der Waals surface area contributed by atoms with Crippen molar-refractivity contribution >= 4 is 0 Å². The summed E-state index contributed by atoms with van der Waals surface area (Å²) in [5.41, 5.74) is 6.77. The molecule has 0 spiro atoms. The predicted molar refractivity (Wildman–Crippen MR) is 67.1 cm³/mol. The number of unbranched alkanes of at least 4 members (excludes halogenated alkanes) is 3. The minimum Gasteiger partial charge on any atom is -0.408 e. The van der Waals surface area contributed by atoms with E-state index >= 15 is 0 Å². The highest BCUT2D eigenvalue weighted by molar-refractivity contribution is 5.28. The molecule has 2 heteroatoms. The number of benzene rings is 1. The van der Waals surface area contributed by atoms with Crippen LogP contribution in [0.15, 0.2) is 24.3 Å². The number of terminal acetylenes is 1. The van der Waals surface area contributed by atoms with Crippen LogP contribution in [0.4, 0.5) is 0 Å². The van der Waals surface area contributed by atoms with Crippen molar-refractivity contribution in [2.24, 2.45) is 5.73 Å². The lowest BCUT2D eigenvalue weighted by atomic mass is 10.1. The van der Waals surface area contributed by atoms with Crippen molar-refractivity contribution in [2.45, 2.75) is 32.1 Å². The Balaban J connectivity index is 2.24. The number of rotatable bonds is 7. The number of hydrogen-bond donors (Lipinski definition) is 1. The summed E-state index contributed by atoms with van der Waals surface area (Å²) in [7, 11) is 0. The van der Waals surface area contributed by atoms with E-state index in [0.29, 0.717) is 0 Å². The van der Waals surface area contributed by atoms with Crippen molar-refractivity contribution in [3.05, 3.63) is 29.8 Å². The van der Waals surface area contributed by atoms with E-state index < -0.39 is 0 Å². The highest BCUT2D eigenvalue weighted by Gasteiger charge is 1.95. The highest BCUT2D eigenvalue weighted by Crippen LogP contribution is 2.14. The number of ether oxygens (including phenoxy) is 1. The van der Waals surface area contributed by atoms with E-state index in [1.165, 1.54) is 24.8 Å². The lowest BCUT2D eigenvalue weighted by molar-refractivity contribution is 0.520. The van der Waals surface area contributed by atoms with Gasteiger partial charge in [0.2, 0.25) is 0 Å². The second kappa shape index (κ2) is 7.78. The van der Waals surface area contributed by atoms with Crippen molar-refractivity contribution in [1.29, 1.82) is 0 Å². The molecular formula is C14H19NO. The van der Waals surface area contributed by atoms with Crippen molar-refractivity contribution < 1.29 is 4.74 Å². The Kier molecular flexibility index (Phi) is 6.13. The van der Waals surface area contributed by atoms with Gasteiger partial charge in [-0.05, 0) is 43.5 Å². The molecule has 0 atom stereocenters. The molecule has 0 aliphatic carbocycles. The zero-order valence-electron chi connectivity index (χ0n) is 9.61. The fourth-order valence-corrected chi connectivity index (χ4v) is 1.62. The molecule has 0 radical (unpaired) electrons. The van der Waals surface area contributed by atoms with Crippen LogP contribution in [0.1, 0.15) is 31.2 Å². The Morgan fingerprint density at radius 3 is 2.38 bits per heavy atom. The topological polar surface area (TPSA) is 35.2 Å². The van der Waals surface area contributed by atoms with E-state index in [0.717, 1.165) is 25.1 Å². The molecule has 86 valence electrons. The molecule has 0 aliphatic heterocycles. The number of aryl methyl sites for hydroxylation is 1. The van der Waals surface area contributed by atoms with Gasteiger partial charge in [-0.1, -0.05) is 31.4 Å². The van der Waals surface area contributed by atoms with Crippen molar-refractivity contribution in [3.8, 4) is 18.3 Å². The molecular weight excluding hydrogens is 198 g/mol. The van der Waals surface area contributed by atoms with Gasteiger partial charge >= 0.3 is 0 Å². The van der Waals surface area contributed by atoms with Crippen LogP contribution in [0, 0.1) is 12.5 Å². The fourth-order valence-electron chi connectivity index (χ4n) is 1.62.